The molecule has 2 heterocycles. The van der Waals surface area contributed by atoms with E-state index in [1.165, 1.54) is 16.7 Å². The van der Waals surface area contributed by atoms with Gasteiger partial charge in [0.2, 0.25) is 11.8 Å². The molecule has 2 unspecified atom stereocenters. The fourth-order valence-electron chi connectivity index (χ4n) is 3.60. The molecule has 2 aliphatic rings. The number of fused-ring (bicyclic) bond motifs is 1. The average molecular weight is 399 g/mol. The molecule has 0 aliphatic carbocycles. The van der Waals surface area contributed by atoms with Gasteiger partial charge >= 0.3 is 7.60 Å². The Morgan fingerprint density at radius 1 is 1.35 bits per heavy atom. The highest BCUT2D eigenvalue weighted by molar-refractivity contribution is 8.02. The van der Waals surface area contributed by atoms with Gasteiger partial charge in [-0.1, -0.05) is 24.3 Å². The average Bonchev–Trinajstić information content (AvgIpc) is 2.81. The molecule has 1 aromatic rings. The van der Waals surface area contributed by atoms with Gasteiger partial charge in [0.05, 0.1) is 6.42 Å². The molecule has 3 rings (SSSR count). The van der Waals surface area contributed by atoms with Crippen LogP contribution in [0, 0.1) is 0 Å². The van der Waals surface area contributed by atoms with Crippen molar-refractivity contribution in [3.8, 4) is 0 Å². The van der Waals surface area contributed by atoms with Crippen molar-refractivity contribution < 1.29 is 23.9 Å². The largest absolute Gasteiger partial charge is 0.349 e. The summed E-state index contributed by atoms with van der Waals surface area (Å²) in [4.78, 5) is 45.3. The van der Waals surface area contributed by atoms with E-state index in [2.05, 4.69) is 5.32 Å². The van der Waals surface area contributed by atoms with Crippen LogP contribution < -0.4 is 11.1 Å². The van der Waals surface area contributed by atoms with Gasteiger partial charge in [-0.2, -0.15) is 0 Å². The third-order valence-corrected chi connectivity index (χ3v) is 7.99. The zero-order chi connectivity index (χ0) is 19.3. The molecule has 2 fully saturated rings. The number of nitrogens with zero attached hydrogens (tertiary/aromatic N) is 1. The van der Waals surface area contributed by atoms with Gasteiger partial charge in [-0.15, -0.1) is 11.8 Å². The predicted molar refractivity (Wildman–Crippen MR) is 98.1 cm³/mol. The van der Waals surface area contributed by atoms with Crippen LogP contribution in [0.5, 0.6) is 0 Å². The van der Waals surface area contributed by atoms with Crippen LogP contribution in [0.1, 0.15) is 25.0 Å². The lowest BCUT2D eigenvalue weighted by atomic mass is 10.0. The minimum atomic E-state index is -4.48. The Bertz CT molecular complexity index is 796. The van der Waals surface area contributed by atoms with Crippen LogP contribution in [-0.2, 0) is 27.1 Å². The van der Waals surface area contributed by atoms with E-state index in [1.807, 2.05) is 24.3 Å². The highest BCUT2D eigenvalue weighted by Gasteiger charge is 2.66. The number of carbonyl (C=O) groups is 2. The minimum absolute atomic E-state index is 0.0971. The van der Waals surface area contributed by atoms with Gasteiger partial charge in [0.15, 0.2) is 0 Å². The van der Waals surface area contributed by atoms with Gasteiger partial charge in [-0.25, -0.2) is 0 Å². The first-order chi connectivity index (χ1) is 12.1. The summed E-state index contributed by atoms with van der Waals surface area (Å²) in [5, 5.41) is 2.23. The molecule has 8 nitrogen and oxygen atoms in total. The molecule has 142 valence electrons. The highest BCUT2D eigenvalue weighted by atomic mass is 32.2. The number of β-lactam (4-membered cyclic amide) rings is 1. The number of benzene rings is 1. The SMILES string of the molecule is CC1(C)S[C@H]2C(NC(=O)Cc3ccccc3CN)C(=O)N2C1P(=O)(O)O. The number of nitrogens with two attached hydrogens (primary N) is 1. The van der Waals surface area contributed by atoms with Crippen LogP contribution in [0.15, 0.2) is 24.3 Å². The summed E-state index contributed by atoms with van der Waals surface area (Å²) < 4.78 is 11.0. The van der Waals surface area contributed by atoms with E-state index in [0.717, 1.165) is 11.1 Å². The molecule has 2 saturated heterocycles. The first kappa shape index (κ1) is 19.4. The van der Waals surface area contributed by atoms with Crippen molar-refractivity contribution in [3.63, 3.8) is 0 Å². The van der Waals surface area contributed by atoms with Gasteiger partial charge in [-0.3, -0.25) is 14.2 Å². The molecule has 0 aromatic heterocycles. The Hall–Kier alpha value is -1.38. The van der Waals surface area contributed by atoms with Crippen molar-refractivity contribution in [2.24, 2.45) is 5.73 Å². The number of rotatable bonds is 5. The third kappa shape index (κ3) is 3.30. The van der Waals surface area contributed by atoms with Gasteiger partial charge in [-0.05, 0) is 25.0 Å². The fraction of sp³-hybridized carbons (Fsp3) is 0.500. The number of hydrogen-bond donors (Lipinski definition) is 4. The second-order valence-electron chi connectivity index (χ2n) is 7.01. The third-order valence-electron chi connectivity index (χ3n) is 4.71. The van der Waals surface area contributed by atoms with Crippen molar-refractivity contribution in [1.82, 2.24) is 10.2 Å². The lowest BCUT2D eigenvalue weighted by Gasteiger charge is -2.44. The summed E-state index contributed by atoms with van der Waals surface area (Å²) in [6, 6.07) is 6.55. The Kier molecular flexibility index (Phi) is 4.96. The van der Waals surface area contributed by atoms with Crippen molar-refractivity contribution >= 4 is 31.2 Å². The molecule has 0 saturated carbocycles. The van der Waals surface area contributed by atoms with Crippen molar-refractivity contribution in [2.75, 3.05) is 0 Å². The summed E-state index contributed by atoms with van der Waals surface area (Å²) in [6.07, 6.45) is 0.0971. The van der Waals surface area contributed by atoms with E-state index in [1.54, 1.807) is 13.8 Å². The highest BCUT2D eigenvalue weighted by Crippen LogP contribution is 2.62. The van der Waals surface area contributed by atoms with E-state index in [0.29, 0.717) is 6.54 Å². The Balaban J connectivity index is 1.70. The minimum Gasteiger partial charge on any atom is -0.341 e. The van der Waals surface area contributed by atoms with Crippen LogP contribution in [-0.4, -0.2) is 48.4 Å². The molecule has 5 N–H and O–H groups in total. The quantitative estimate of drug-likeness (QED) is 0.415. The summed E-state index contributed by atoms with van der Waals surface area (Å²) in [6.45, 7) is 3.71. The van der Waals surface area contributed by atoms with Crippen LogP contribution in [0.25, 0.3) is 0 Å². The van der Waals surface area contributed by atoms with Crippen molar-refractivity contribution in [3.05, 3.63) is 35.4 Å². The molecule has 2 aliphatic heterocycles. The maximum atomic E-state index is 12.4. The topological polar surface area (TPSA) is 133 Å². The molecule has 2 amide bonds. The summed E-state index contributed by atoms with van der Waals surface area (Å²) in [5.74, 6) is -1.95. The summed E-state index contributed by atoms with van der Waals surface area (Å²) >= 11 is 1.30. The van der Waals surface area contributed by atoms with Gasteiger partial charge in [0.25, 0.3) is 0 Å². The van der Waals surface area contributed by atoms with Gasteiger partial charge in [0.1, 0.15) is 17.2 Å². The second kappa shape index (κ2) is 6.65. The number of nitrogens with one attached hydrogen (secondary N) is 1. The molecule has 0 radical (unpaired) electrons. The maximum absolute atomic E-state index is 12.4. The van der Waals surface area contributed by atoms with Crippen LogP contribution in [0.3, 0.4) is 0 Å². The lowest BCUT2D eigenvalue weighted by Crippen LogP contribution is -2.69. The van der Waals surface area contributed by atoms with Crippen LogP contribution >= 0.6 is 19.4 Å². The van der Waals surface area contributed by atoms with E-state index in [9.17, 15) is 23.9 Å². The fourth-order valence-corrected chi connectivity index (χ4v) is 7.20. The number of thioether (sulfide) groups is 1. The molecular weight excluding hydrogens is 377 g/mol. The van der Waals surface area contributed by atoms with Gasteiger partial charge in [0, 0.05) is 11.3 Å². The molecule has 0 spiro atoms. The van der Waals surface area contributed by atoms with E-state index in [4.69, 9.17) is 5.73 Å². The monoisotopic (exact) mass is 399 g/mol. The summed E-state index contributed by atoms with van der Waals surface area (Å²) in [7, 11) is -4.48. The van der Waals surface area contributed by atoms with Crippen LogP contribution in [0.2, 0.25) is 0 Å². The van der Waals surface area contributed by atoms with Crippen molar-refractivity contribution in [1.29, 1.82) is 0 Å². The molecular formula is C16H22N3O5PS. The molecule has 3 atom stereocenters. The first-order valence-corrected chi connectivity index (χ1v) is 10.7. The molecule has 0 bridgehead atoms. The Labute approximate surface area is 155 Å². The Morgan fingerprint density at radius 2 is 1.96 bits per heavy atom. The predicted octanol–water partition coefficient (Wildman–Crippen LogP) is 0.370. The number of hydrogen-bond acceptors (Lipinski definition) is 5. The van der Waals surface area contributed by atoms with Crippen LogP contribution in [0.4, 0.5) is 0 Å². The Morgan fingerprint density at radius 3 is 2.54 bits per heavy atom. The normalized spacial score (nSPS) is 27.0. The smallest absolute Gasteiger partial charge is 0.341 e. The second-order valence-corrected chi connectivity index (χ2v) is 10.5. The van der Waals surface area contributed by atoms with E-state index >= 15 is 0 Å². The van der Waals surface area contributed by atoms with Crippen molar-refractivity contribution in [2.45, 2.75) is 48.8 Å². The summed E-state index contributed by atoms with van der Waals surface area (Å²) in [5.41, 5.74) is 7.33. The first-order valence-electron chi connectivity index (χ1n) is 8.17. The standard InChI is InChI=1S/C16H22N3O5PS/c1-16(2)15(25(22,23)24)19-13(21)12(14(19)26-16)18-11(20)7-9-5-3-4-6-10(9)8-17/h3-6,12,14-15H,7-8,17H2,1-2H3,(H,18,20)(H2,22,23,24)/t12?,14-,15?/m0/s1. The van der Waals surface area contributed by atoms with Gasteiger partial charge < -0.3 is 25.7 Å². The molecule has 10 heteroatoms. The van der Waals surface area contributed by atoms with E-state index < -0.39 is 35.4 Å². The zero-order valence-electron chi connectivity index (χ0n) is 14.5. The van der Waals surface area contributed by atoms with E-state index in [-0.39, 0.29) is 12.3 Å². The molecule has 1 aromatic carbocycles. The lowest BCUT2D eigenvalue weighted by molar-refractivity contribution is -0.149. The zero-order valence-corrected chi connectivity index (χ0v) is 16.2. The maximum Gasteiger partial charge on any atom is 0.349 e. The number of amides is 2. The molecule has 26 heavy (non-hydrogen) atoms. The number of carbonyl (C=O) groups excluding carboxylic acids is 2.